The van der Waals surface area contributed by atoms with Crippen LogP contribution in [-0.4, -0.2) is 32.8 Å². The molecule has 1 aromatic heterocycles. The van der Waals surface area contributed by atoms with Crippen LogP contribution >= 0.6 is 0 Å². The van der Waals surface area contributed by atoms with Gasteiger partial charge in [-0.1, -0.05) is 18.2 Å². The summed E-state index contributed by atoms with van der Waals surface area (Å²) in [4.78, 5) is 7.01. The van der Waals surface area contributed by atoms with E-state index in [1.165, 1.54) is 31.5 Å². The molecule has 1 aliphatic rings. The van der Waals surface area contributed by atoms with Gasteiger partial charge in [0.2, 0.25) is 0 Å². The molecule has 0 bridgehead atoms. The van der Waals surface area contributed by atoms with E-state index in [0.29, 0.717) is 12.1 Å². The molecule has 0 saturated carbocycles. The lowest BCUT2D eigenvalue weighted by molar-refractivity contribution is 0.263. The second kappa shape index (κ2) is 5.98. The number of likely N-dealkylation sites (tertiary alicyclic amines) is 1. The van der Waals surface area contributed by atoms with Crippen LogP contribution < -0.4 is 0 Å². The van der Waals surface area contributed by atoms with Gasteiger partial charge in [-0.05, 0) is 58.3 Å². The predicted molar refractivity (Wildman–Crippen MR) is 85.1 cm³/mol. The summed E-state index contributed by atoms with van der Waals surface area (Å²) >= 11 is 0. The van der Waals surface area contributed by atoms with Gasteiger partial charge in [-0.25, -0.2) is 9.67 Å². The van der Waals surface area contributed by atoms with Gasteiger partial charge in [-0.3, -0.25) is 4.90 Å². The molecule has 4 nitrogen and oxygen atoms in total. The molecule has 0 N–H and O–H groups in total. The van der Waals surface area contributed by atoms with Crippen LogP contribution in [0.15, 0.2) is 30.6 Å². The summed E-state index contributed by atoms with van der Waals surface area (Å²) in [5.74, 6) is 0.959. The lowest BCUT2D eigenvalue weighted by Crippen LogP contribution is -2.23. The number of nitrogens with zero attached hydrogens (tertiary/aromatic N) is 4. The van der Waals surface area contributed by atoms with Crippen LogP contribution in [0.4, 0.5) is 0 Å². The molecule has 0 aliphatic carbocycles. The third-order valence-electron chi connectivity index (χ3n) is 4.38. The van der Waals surface area contributed by atoms with Crippen molar-refractivity contribution in [2.75, 3.05) is 13.1 Å². The third kappa shape index (κ3) is 2.86. The highest BCUT2D eigenvalue weighted by Gasteiger charge is 2.20. The van der Waals surface area contributed by atoms with E-state index in [0.717, 1.165) is 11.4 Å². The van der Waals surface area contributed by atoms with Crippen LogP contribution in [0.3, 0.4) is 0 Å². The summed E-state index contributed by atoms with van der Waals surface area (Å²) in [5.41, 5.74) is 2.53. The first-order valence-electron chi connectivity index (χ1n) is 7.90. The lowest BCUT2D eigenvalue weighted by atomic mass is 10.0. The Hall–Kier alpha value is -1.68. The Morgan fingerprint density at radius 1 is 1.10 bits per heavy atom. The highest BCUT2D eigenvalue weighted by Crippen LogP contribution is 2.28. The molecule has 0 unspecified atom stereocenters. The minimum absolute atomic E-state index is 0.321. The maximum absolute atomic E-state index is 4.44. The predicted octanol–water partition coefficient (Wildman–Crippen LogP) is 3.68. The Balaban J connectivity index is 1.90. The first kappa shape index (κ1) is 14.3. The fourth-order valence-corrected chi connectivity index (χ4v) is 3.11. The van der Waals surface area contributed by atoms with Crippen LogP contribution in [0.2, 0.25) is 0 Å². The zero-order chi connectivity index (χ0) is 14.8. The van der Waals surface area contributed by atoms with Gasteiger partial charge < -0.3 is 0 Å². The SMILES string of the molecule is CC(C)n1ncnc1-c1cccc([C@@H](C)N2CCCC2)c1. The van der Waals surface area contributed by atoms with Gasteiger partial charge in [0, 0.05) is 17.6 Å². The van der Waals surface area contributed by atoms with Gasteiger partial charge in [0.05, 0.1) is 0 Å². The normalized spacial score (nSPS) is 17.5. The van der Waals surface area contributed by atoms with E-state index in [9.17, 15) is 0 Å². The van der Waals surface area contributed by atoms with Crippen molar-refractivity contribution >= 4 is 0 Å². The topological polar surface area (TPSA) is 34.0 Å². The summed E-state index contributed by atoms with van der Waals surface area (Å²) in [6.07, 6.45) is 4.29. The Labute approximate surface area is 126 Å². The van der Waals surface area contributed by atoms with E-state index in [1.54, 1.807) is 6.33 Å². The first-order chi connectivity index (χ1) is 10.2. The summed E-state index contributed by atoms with van der Waals surface area (Å²) in [6, 6.07) is 9.55. The van der Waals surface area contributed by atoms with Gasteiger partial charge >= 0.3 is 0 Å². The van der Waals surface area contributed by atoms with Crippen molar-refractivity contribution in [3.63, 3.8) is 0 Å². The molecule has 1 aliphatic heterocycles. The van der Waals surface area contributed by atoms with Crippen LogP contribution in [0.5, 0.6) is 0 Å². The molecular formula is C17H24N4. The Morgan fingerprint density at radius 2 is 1.86 bits per heavy atom. The smallest absolute Gasteiger partial charge is 0.158 e. The molecule has 21 heavy (non-hydrogen) atoms. The highest BCUT2D eigenvalue weighted by atomic mass is 15.3. The summed E-state index contributed by atoms with van der Waals surface area (Å²) in [6.45, 7) is 9.00. The lowest BCUT2D eigenvalue weighted by Gasteiger charge is -2.24. The van der Waals surface area contributed by atoms with Gasteiger partial charge in [0.25, 0.3) is 0 Å². The second-order valence-electron chi connectivity index (χ2n) is 6.17. The van der Waals surface area contributed by atoms with E-state index in [4.69, 9.17) is 0 Å². The quantitative estimate of drug-likeness (QED) is 0.858. The van der Waals surface area contributed by atoms with E-state index < -0.39 is 0 Å². The molecule has 1 fully saturated rings. The second-order valence-corrected chi connectivity index (χ2v) is 6.17. The van der Waals surface area contributed by atoms with Crippen molar-refractivity contribution < 1.29 is 0 Å². The van der Waals surface area contributed by atoms with Crippen LogP contribution in [0, 0.1) is 0 Å². The molecule has 1 saturated heterocycles. The van der Waals surface area contributed by atoms with Crippen molar-refractivity contribution in [3.05, 3.63) is 36.2 Å². The molecule has 0 radical (unpaired) electrons. The highest BCUT2D eigenvalue weighted by molar-refractivity contribution is 5.56. The fourth-order valence-electron chi connectivity index (χ4n) is 3.11. The molecule has 2 aromatic rings. The minimum Gasteiger partial charge on any atom is -0.297 e. The number of aromatic nitrogens is 3. The number of hydrogen-bond donors (Lipinski definition) is 0. The van der Waals surface area contributed by atoms with Crippen molar-refractivity contribution in [3.8, 4) is 11.4 Å². The Kier molecular flexibility index (Phi) is 4.06. The summed E-state index contributed by atoms with van der Waals surface area (Å²) in [5, 5.41) is 4.34. The standard InChI is InChI=1S/C17H24N4/c1-13(2)21-17(18-12-19-21)16-8-6-7-15(11-16)14(3)20-9-4-5-10-20/h6-8,11-14H,4-5,9-10H2,1-3H3/t14-/m1/s1. The molecule has 1 aromatic carbocycles. The Bertz CT molecular complexity index is 596. The average molecular weight is 284 g/mol. The number of hydrogen-bond acceptors (Lipinski definition) is 3. The molecular weight excluding hydrogens is 260 g/mol. The fraction of sp³-hybridized carbons (Fsp3) is 0.529. The van der Waals surface area contributed by atoms with Crippen molar-refractivity contribution in [1.29, 1.82) is 0 Å². The van der Waals surface area contributed by atoms with Crippen molar-refractivity contribution in [2.45, 2.75) is 45.7 Å². The largest absolute Gasteiger partial charge is 0.297 e. The van der Waals surface area contributed by atoms with E-state index in [-0.39, 0.29) is 0 Å². The zero-order valence-electron chi connectivity index (χ0n) is 13.2. The number of benzene rings is 1. The van der Waals surface area contributed by atoms with Crippen molar-refractivity contribution in [2.24, 2.45) is 0 Å². The monoisotopic (exact) mass is 284 g/mol. The summed E-state index contributed by atoms with van der Waals surface area (Å²) in [7, 11) is 0. The van der Waals surface area contributed by atoms with Crippen LogP contribution in [-0.2, 0) is 0 Å². The van der Waals surface area contributed by atoms with Gasteiger partial charge in [-0.2, -0.15) is 5.10 Å². The Morgan fingerprint density at radius 3 is 2.57 bits per heavy atom. The molecule has 2 heterocycles. The van der Waals surface area contributed by atoms with Crippen LogP contribution in [0.25, 0.3) is 11.4 Å². The van der Waals surface area contributed by atoms with E-state index >= 15 is 0 Å². The maximum Gasteiger partial charge on any atom is 0.158 e. The van der Waals surface area contributed by atoms with Crippen LogP contribution in [0.1, 0.15) is 51.3 Å². The molecule has 4 heteroatoms. The third-order valence-corrected chi connectivity index (χ3v) is 4.38. The van der Waals surface area contributed by atoms with Gasteiger partial charge in [-0.15, -0.1) is 0 Å². The first-order valence-corrected chi connectivity index (χ1v) is 7.90. The molecule has 1 atom stereocenters. The number of rotatable bonds is 4. The average Bonchev–Trinajstić information content (AvgIpc) is 3.17. The minimum atomic E-state index is 0.321. The maximum atomic E-state index is 4.44. The molecule has 0 amide bonds. The van der Waals surface area contributed by atoms with Gasteiger partial charge in [0.1, 0.15) is 6.33 Å². The molecule has 3 rings (SSSR count). The summed E-state index contributed by atoms with van der Waals surface area (Å²) < 4.78 is 1.99. The zero-order valence-corrected chi connectivity index (χ0v) is 13.2. The molecule has 0 spiro atoms. The van der Waals surface area contributed by atoms with E-state index in [2.05, 4.69) is 60.0 Å². The van der Waals surface area contributed by atoms with E-state index in [1.807, 2.05) is 4.68 Å². The van der Waals surface area contributed by atoms with Crippen molar-refractivity contribution in [1.82, 2.24) is 19.7 Å². The van der Waals surface area contributed by atoms with Gasteiger partial charge in [0.15, 0.2) is 5.82 Å². The molecule has 112 valence electrons.